The number of rotatable bonds is 5. The Bertz CT molecular complexity index is 667. The van der Waals surface area contributed by atoms with Gasteiger partial charge in [-0.1, -0.05) is 39.5 Å². The highest BCUT2D eigenvalue weighted by Gasteiger charge is 2.22. The van der Waals surface area contributed by atoms with Gasteiger partial charge in [0.05, 0.1) is 11.4 Å². The SMILES string of the molecule is CCc1nn(C)c2c1nc(SCC(=O)O)n2CC(C)(C)C. The van der Waals surface area contributed by atoms with Crippen LogP contribution in [-0.2, 0) is 24.8 Å². The van der Waals surface area contributed by atoms with E-state index in [0.29, 0.717) is 0 Å². The van der Waals surface area contributed by atoms with Gasteiger partial charge in [-0.25, -0.2) is 4.98 Å². The van der Waals surface area contributed by atoms with E-state index in [1.54, 1.807) is 0 Å². The van der Waals surface area contributed by atoms with Crippen LogP contribution in [0.5, 0.6) is 0 Å². The van der Waals surface area contributed by atoms with Gasteiger partial charge in [-0.05, 0) is 11.8 Å². The second-order valence-electron chi connectivity index (χ2n) is 6.32. The number of fused-ring (bicyclic) bond motifs is 1. The molecule has 0 spiro atoms. The average Bonchev–Trinajstić information content (AvgIpc) is 2.84. The molecule has 21 heavy (non-hydrogen) atoms. The van der Waals surface area contributed by atoms with Crippen molar-refractivity contribution < 1.29 is 9.90 Å². The lowest BCUT2D eigenvalue weighted by Gasteiger charge is -2.20. The van der Waals surface area contributed by atoms with Crippen LogP contribution in [-0.4, -0.2) is 36.2 Å². The van der Waals surface area contributed by atoms with Crippen molar-refractivity contribution in [3.63, 3.8) is 0 Å². The van der Waals surface area contributed by atoms with E-state index in [2.05, 4.69) is 42.3 Å². The predicted octanol–water partition coefficient (Wildman–Crippen LogP) is 2.56. The van der Waals surface area contributed by atoms with Crippen LogP contribution in [0.3, 0.4) is 0 Å². The zero-order valence-electron chi connectivity index (χ0n) is 13.2. The summed E-state index contributed by atoms with van der Waals surface area (Å²) in [5, 5.41) is 14.2. The van der Waals surface area contributed by atoms with E-state index in [-0.39, 0.29) is 11.2 Å². The number of hydrogen-bond donors (Lipinski definition) is 1. The third kappa shape index (κ3) is 3.40. The quantitative estimate of drug-likeness (QED) is 0.859. The van der Waals surface area contributed by atoms with Crippen LogP contribution in [0.15, 0.2) is 5.16 Å². The molecule has 0 aromatic carbocycles. The topological polar surface area (TPSA) is 72.9 Å². The first kappa shape index (κ1) is 15.9. The highest BCUT2D eigenvalue weighted by atomic mass is 32.2. The third-order valence-electron chi connectivity index (χ3n) is 3.05. The number of carboxylic acids is 1. The molecule has 2 aromatic rings. The molecule has 2 rings (SSSR count). The lowest BCUT2D eigenvalue weighted by Crippen LogP contribution is -2.17. The minimum absolute atomic E-state index is 0.0162. The van der Waals surface area contributed by atoms with E-state index >= 15 is 0 Å². The second-order valence-corrected chi connectivity index (χ2v) is 7.26. The predicted molar refractivity (Wildman–Crippen MR) is 83.7 cm³/mol. The number of thioether (sulfide) groups is 1. The molecule has 2 aromatic heterocycles. The van der Waals surface area contributed by atoms with E-state index < -0.39 is 5.97 Å². The number of aryl methyl sites for hydroxylation is 2. The van der Waals surface area contributed by atoms with Gasteiger partial charge in [-0.15, -0.1) is 0 Å². The van der Waals surface area contributed by atoms with Gasteiger partial charge < -0.3 is 9.67 Å². The molecule has 0 saturated heterocycles. The lowest BCUT2D eigenvalue weighted by molar-refractivity contribution is -0.133. The van der Waals surface area contributed by atoms with Gasteiger partial charge >= 0.3 is 5.97 Å². The Morgan fingerprint density at radius 3 is 2.57 bits per heavy atom. The highest BCUT2D eigenvalue weighted by Crippen LogP contribution is 2.29. The molecule has 0 saturated carbocycles. The van der Waals surface area contributed by atoms with Crippen LogP contribution in [0.25, 0.3) is 11.2 Å². The summed E-state index contributed by atoms with van der Waals surface area (Å²) in [5.41, 5.74) is 2.88. The molecular formula is C14H22N4O2S. The van der Waals surface area contributed by atoms with Gasteiger partial charge in [0.2, 0.25) is 0 Å². The molecule has 0 fully saturated rings. The maximum absolute atomic E-state index is 10.8. The molecule has 0 aliphatic rings. The van der Waals surface area contributed by atoms with E-state index in [1.165, 1.54) is 11.8 Å². The molecule has 116 valence electrons. The summed E-state index contributed by atoms with van der Waals surface area (Å²) in [6.45, 7) is 9.29. The number of imidazole rings is 1. The number of hydrogen-bond acceptors (Lipinski definition) is 4. The zero-order valence-corrected chi connectivity index (χ0v) is 14.0. The Morgan fingerprint density at radius 2 is 2.05 bits per heavy atom. The number of nitrogens with zero attached hydrogens (tertiary/aromatic N) is 4. The van der Waals surface area contributed by atoms with Crippen LogP contribution < -0.4 is 0 Å². The van der Waals surface area contributed by atoms with Gasteiger partial charge in [-0.3, -0.25) is 9.48 Å². The lowest BCUT2D eigenvalue weighted by atomic mass is 9.97. The minimum Gasteiger partial charge on any atom is -0.481 e. The van der Waals surface area contributed by atoms with Crippen molar-refractivity contribution in [3.8, 4) is 0 Å². The smallest absolute Gasteiger partial charge is 0.313 e. The van der Waals surface area contributed by atoms with Gasteiger partial charge in [0.15, 0.2) is 10.8 Å². The molecule has 0 unspecified atom stereocenters. The van der Waals surface area contributed by atoms with Crippen LogP contribution in [0.2, 0.25) is 0 Å². The Kier molecular flexibility index (Phi) is 4.32. The largest absolute Gasteiger partial charge is 0.481 e. The first-order valence-corrected chi connectivity index (χ1v) is 7.98. The third-order valence-corrected chi connectivity index (χ3v) is 4.01. The molecule has 0 atom stereocenters. The molecule has 0 radical (unpaired) electrons. The molecule has 2 heterocycles. The van der Waals surface area contributed by atoms with Gasteiger partial charge in [0.1, 0.15) is 5.52 Å². The average molecular weight is 310 g/mol. The maximum atomic E-state index is 10.8. The highest BCUT2D eigenvalue weighted by molar-refractivity contribution is 7.99. The molecular weight excluding hydrogens is 288 g/mol. The molecule has 6 nitrogen and oxygen atoms in total. The minimum atomic E-state index is -0.830. The van der Waals surface area contributed by atoms with Gasteiger partial charge in [-0.2, -0.15) is 5.10 Å². The monoisotopic (exact) mass is 310 g/mol. The summed E-state index contributed by atoms with van der Waals surface area (Å²) in [4.78, 5) is 15.5. The molecule has 0 bridgehead atoms. The maximum Gasteiger partial charge on any atom is 0.313 e. The fraction of sp³-hybridized carbons (Fsp3) is 0.643. The fourth-order valence-corrected chi connectivity index (χ4v) is 3.03. The number of aromatic nitrogens is 4. The van der Waals surface area contributed by atoms with Crippen LogP contribution >= 0.6 is 11.8 Å². The number of carboxylic acid groups (broad SMARTS) is 1. The van der Waals surface area contributed by atoms with Crippen molar-refractivity contribution >= 4 is 28.9 Å². The van der Waals surface area contributed by atoms with E-state index in [1.807, 2.05) is 11.7 Å². The van der Waals surface area contributed by atoms with Crippen molar-refractivity contribution in [2.24, 2.45) is 12.5 Å². The fourth-order valence-electron chi connectivity index (χ4n) is 2.31. The van der Waals surface area contributed by atoms with Gasteiger partial charge in [0, 0.05) is 13.6 Å². The Labute approximate surface area is 128 Å². The van der Waals surface area contributed by atoms with E-state index in [4.69, 9.17) is 5.11 Å². The summed E-state index contributed by atoms with van der Waals surface area (Å²) in [7, 11) is 1.91. The van der Waals surface area contributed by atoms with Crippen molar-refractivity contribution in [2.45, 2.75) is 45.8 Å². The van der Waals surface area contributed by atoms with Crippen molar-refractivity contribution in [2.75, 3.05) is 5.75 Å². The first-order chi connectivity index (χ1) is 9.73. The summed E-state index contributed by atoms with van der Waals surface area (Å²) in [6, 6.07) is 0. The Balaban J connectivity index is 2.54. The van der Waals surface area contributed by atoms with E-state index in [9.17, 15) is 4.79 Å². The molecule has 0 aliphatic heterocycles. The molecule has 7 heteroatoms. The Morgan fingerprint density at radius 1 is 1.38 bits per heavy atom. The summed E-state index contributed by atoms with van der Waals surface area (Å²) in [6.07, 6.45) is 0.812. The number of aliphatic carboxylic acids is 1. The normalized spacial score (nSPS) is 12.2. The second kappa shape index (κ2) is 5.71. The first-order valence-electron chi connectivity index (χ1n) is 6.99. The van der Waals surface area contributed by atoms with Crippen LogP contribution in [0, 0.1) is 5.41 Å². The van der Waals surface area contributed by atoms with E-state index in [0.717, 1.165) is 35.0 Å². The van der Waals surface area contributed by atoms with Crippen LogP contribution in [0.4, 0.5) is 0 Å². The molecule has 1 N–H and O–H groups in total. The summed E-state index contributed by atoms with van der Waals surface area (Å²) in [5.74, 6) is -0.814. The molecule has 0 amide bonds. The van der Waals surface area contributed by atoms with Crippen molar-refractivity contribution in [3.05, 3.63) is 5.69 Å². The standard InChI is InChI=1S/C14H22N4O2S/c1-6-9-11-12(17(5)16-9)18(8-14(2,3)4)13(15-11)21-7-10(19)20/h6-8H2,1-5H3,(H,19,20). The Hall–Kier alpha value is -1.50. The van der Waals surface area contributed by atoms with Gasteiger partial charge in [0.25, 0.3) is 0 Å². The summed E-state index contributed by atoms with van der Waals surface area (Å²) < 4.78 is 3.94. The summed E-state index contributed by atoms with van der Waals surface area (Å²) >= 11 is 1.27. The molecule has 0 aliphatic carbocycles. The zero-order chi connectivity index (χ0) is 15.8. The number of carbonyl (C=O) groups is 1. The van der Waals surface area contributed by atoms with Crippen molar-refractivity contribution in [1.82, 2.24) is 19.3 Å². The van der Waals surface area contributed by atoms with Crippen LogP contribution in [0.1, 0.15) is 33.4 Å². The van der Waals surface area contributed by atoms with Crippen molar-refractivity contribution in [1.29, 1.82) is 0 Å².